The monoisotopic (exact) mass is 1210 g/mol. The predicted molar refractivity (Wildman–Crippen MR) is 334 cm³/mol. The van der Waals surface area contributed by atoms with Crippen LogP contribution in [0.25, 0.3) is 31.5 Å². The zero-order chi connectivity index (χ0) is 62.9. The first kappa shape index (κ1) is 64.7. The third-order valence-corrected chi connectivity index (χ3v) is 13.7. The van der Waals surface area contributed by atoms with Crippen LogP contribution in [0.15, 0.2) is 77.8 Å². The first-order valence-electron chi connectivity index (χ1n) is 27.8. The highest BCUT2D eigenvalue weighted by Gasteiger charge is 2.50. The van der Waals surface area contributed by atoms with E-state index in [1.54, 1.807) is 85.7 Å². The molecule has 23 heteroatoms. The van der Waals surface area contributed by atoms with Gasteiger partial charge in [0.2, 0.25) is 11.8 Å². The molecule has 0 unspecified atom stereocenters. The number of rotatable bonds is 16. The number of anilines is 3. The van der Waals surface area contributed by atoms with Gasteiger partial charge in [-0.15, -0.1) is 0 Å². The number of methoxy groups -OCH3 is 1. The largest absolute Gasteiger partial charge is 0.508 e. The van der Waals surface area contributed by atoms with Gasteiger partial charge in [0, 0.05) is 28.9 Å². The Morgan fingerprint density at radius 1 is 0.698 bits per heavy atom. The molecular formula is C63H70N10O11S2. The lowest BCUT2D eigenvalue weighted by atomic mass is 10.0. The topological polar surface area (TPSA) is 224 Å². The van der Waals surface area contributed by atoms with Gasteiger partial charge in [-0.3, -0.25) is 9.69 Å². The number of carbonyl (C=O) groups is 4. The fourth-order valence-corrected chi connectivity index (χ4v) is 9.34. The Morgan fingerprint density at radius 2 is 1.19 bits per heavy atom. The average Bonchev–Trinajstić information content (AvgIpc) is 1.64. The van der Waals surface area contributed by atoms with Gasteiger partial charge in [0.15, 0.2) is 16.5 Å². The minimum atomic E-state index is -0.992. The van der Waals surface area contributed by atoms with Crippen molar-refractivity contribution in [3.63, 3.8) is 0 Å². The van der Waals surface area contributed by atoms with Gasteiger partial charge in [-0.05, 0) is 205 Å². The molecule has 4 aromatic carbocycles. The minimum absolute atomic E-state index is 0.0166. The van der Waals surface area contributed by atoms with E-state index in [0.717, 1.165) is 59.7 Å². The van der Waals surface area contributed by atoms with E-state index in [4.69, 9.17) is 68.5 Å². The molecule has 2 aliphatic carbocycles. The van der Waals surface area contributed by atoms with E-state index < -0.39 is 34.6 Å². The van der Waals surface area contributed by atoms with E-state index in [2.05, 4.69) is 47.3 Å². The van der Waals surface area contributed by atoms with Crippen LogP contribution in [0.4, 0.5) is 43.7 Å². The van der Waals surface area contributed by atoms with Crippen LogP contribution < -0.4 is 24.6 Å². The number of ether oxygens (including phenoxy) is 7. The van der Waals surface area contributed by atoms with Crippen LogP contribution in [0.2, 0.25) is 0 Å². The second-order valence-electron chi connectivity index (χ2n) is 23.5. The quantitative estimate of drug-likeness (QED) is 0.0237. The molecule has 1 amide bonds. The molecule has 6 aromatic rings. The smallest absolute Gasteiger partial charge is 0.474 e. The summed E-state index contributed by atoms with van der Waals surface area (Å²) in [5.74, 6) is 2.31. The molecule has 1 saturated heterocycles. The fraction of sp³-hybridized carbons (Fsp3) is 0.429. The van der Waals surface area contributed by atoms with E-state index in [9.17, 15) is 19.2 Å². The zero-order valence-electron chi connectivity index (χ0n) is 50.6. The SMILES string of the molecule is COC(=O)C(C)(C)Nc1ccc2nc(C3CC3)nc(OCCOC(=O)OC(C)(C)C)c2c1.[C-]#[N+]c1ccc(N2C(=O)C(C)(C)N(c3ccc4nc(C5CC5)nc(OCCOC(=O)OC(C)(C)C)c4c3)C2=S)cc1C.[C-]#[N+]c1ccc(N=C=S)cc1C. The highest BCUT2D eigenvalue weighted by Crippen LogP contribution is 2.43. The molecule has 2 aromatic heterocycles. The number of fused-ring (bicyclic) bond motifs is 2. The van der Waals surface area contributed by atoms with Crippen LogP contribution in [-0.2, 0) is 33.3 Å². The molecule has 2 saturated carbocycles. The van der Waals surface area contributed by atoms with Crippen LogP contribution in [0, 0.1) is 27.0 Å². The van der Waals surface area contributed by atoms with Crippen molar-refractivity contribution in [2.45, 2.75) is 143 Å². The fourth-order valence-electron chi connectivity index (χ4n) is 8.71. The molecule has 450 valence electrons. The normalized spacial score (nSPS) is 14.5. The molecule has 3 heterocycles. The molecule has 1 aliphatic heterocycles. The number of nitrogens with zero attached hydrogens (tertiary/aromatic N) is 9. The number of nitrogens with one attached hydrogen (secondary N) is 1. The van der Waals surface area contributed by atoms with E-state index in [0.29, 0.717) is 73.4 Å². The van der Waals surface area contributed by atoms with Crippen LogP contribution in [0.3, 0.4) is 0 Å². The number of hydrogen-bond acceptors (Lipinski definition) is 19. The molecule has 3 aliphatic rings. The summed E-state index contributed by atoms with van der Waals surface area (Å²) in [5.41, 5.74) is 3.85. The first-order valence-corrected chi connectivity index (χ1v) is 28.6. The zero-order valence-corrected chi connectivity index (χ0v) is 52.2. The molecular weight excluding hydrogens is 1140 g/mol. The Bertz CT molecular complexity index is 3720. The van der Waals surface area contributed by atoms with Crippen molar-refractivity contribution < 1.29 is 52.3 Å². The highest BCUT2D eigenvalue weighted by atomic mass is 32.1. The van der Waals surface area contributed by atoms with E-state index in [1.807, 2.05) is 75.1 Å². The molecule has 21 nitrogen and oxygen atoms in total. The second kappa shape index (κ2) is 27.0. The van der Waals surface area contributed by atoms with Crippen LogP contribution >= 0.6 is 24.4 Å². The van der Waals surface area contributed by atoms with Crippen molar-refractivity contribution in [3.8, 4) is 11.8 Å². The van der Waals surface area contributed by atoms with Gasteiger partial charge >= 0.3 is 18.3 Å². The molecule has 86 heavy (non-hydrogen) atoms. The summed E-state index contributed by atoms with van der Waals surface area (Å²) < 4.78 is 37.3. The van der Waals surface area contributed by atoms with Gasteiger partial charge in [0.1, 0.15) is 60.4 Å². The van der Waals surface area contributed by atoms with Gasteiger partial charge in [0.05, 0.1) is 52.9 Å². The Kier molecular flexibility index (Phi) is 20.3. The number of esters is 1. The first-order chi connectivity index (χ1) is 40.6. The van der Waals surface area contributed by atoms with Crippen molar-refractivity contribution in [2.24, 2.45) is 4.99 Å². The maximum absolute atomic E-state index is 13.7. The summed E-state index contributed by atoms with van der Waals surface area (Å²) in [4.78, 5) is 82.1. The lowest BCUT2D eigenvalue weighted by Gasteiger charge is -2.29. The van der Waals surface area contributed by atoms with Gasteiger partial charge < -0.3 is 43.4 Å². The minimum Gasteiger partial charge on any atom is -0.474 e. The number of benzene rings is 4. The van der Waals surface area contributed by atoms with E-state index in [1.165, 1.54) is 12.0 Å². The predicted octanol–water partition coefficient (Wildman–Crippen LogP) is 14.1. The summed E-state index contributed by atoms with van der Waals surface area (Å²) in [7, 11) is 1.35. The van der Waals surface area contributed by atoms with Crippen LogP contribution in [0.1, 0.15) is 130 Å². The summed E-state index contributed by atoms with van der Waals surface area (Å²) in [6, 6.07) is 21.7. The van der Waals surface area contributed by atoms with Crippen molar-refractivity contribution in [3.05, 3.63) is 118 Å². The molecule has 0 atom stereocenters. The second-order valence-corrected chi connectivity index (χ2v) is 24.1. The molecule has 0 bridgehead atoms. The standard InChI is InChI=1S/C31H33N5O5S.C23H31N3O6.C9H6N2S/c1-18-16-20(10-12-23(18)32-7)35-27(37)31(5,6)36(28(35)42)21-11-13-24-22(17-21)26(34-25(33-24)19-8-9-19)39-14-15-40-29(38)41-30(2,3)4;1-22(2,3)32-21(28)31-12-11-30-19-16-13-15(26-23(4,5)20(27)29-6)9-10-17(16)24-18(25-19)14-7-8-14;1-7-5-8(11-6-12)3-4-9(7)10-2/h10-13,16-17,19H,8-9,14-15H2,1-6H3;9-10,13-14,26H,7-8,11-12H2,1-6H3;3-5H,1H3. The lowest BCUT2D eigenvalue weighted by molar-refractivity contribution is -0.144. The summed E-state index contributed by atoms with van der Waals surface area (Å²) >= 11 is 10.3. The summed E-state index contributed by atoms with van der Waals surface area (Å²) in [6.45, 7) is 35.8. The molecule has 1 N–H and O–H groups in total. The van der Waals surface area contributed by atoms with Crippen molar-refractivity contribution >= 4 is 115 Å². The van der Waals surface area contributed by atoms with Gasteiger partial charge in [-0.2, -0.15) is 15.0 Å². The Morgan fingerprint density at radius 3 is 1.65 bits per heavy atom. The lowest BCUT2D eigenvalue weighted by Crippen LogP contribution is -2.44. The Balaban J connectivity index is 0.000000211. The van der Waals surface area contributed by atoms with Crippen molar-refractivity contribution in [1.82, 2.24) is 19.9 Å². The van der Waals surface area contributed by atoms with Crippen LogP contribution in [0.5, 0.6) is 11.8 Å². The van der Waals surface area contributed by atoms with Gasteiger partial charge in [-0.1, -0.05) is 12.1 Å². The molecule has 0 spiro atoms. The number of isothiocyanates is 1. The average molecular weight is 1210 g/mol. The number of aromatic nitrogens is 4. The summed E-state index contributed by atoms with van der Waals surface area (Å²) in [6.07, 6.45) is 2.64. The number of hydrogen-bond donors (Lipinski definition) is 1. The summed E-state index contributed by atoms with van der Waals surface area (Å²) in [5, 5.41) is 7.11. The van der Waals surface area contributed by atoms with Crippen molar-refractivity contribution in [1.29, 1.82) is 0 Å². The van der Waals surface area contributed by atoms with Gasteiger partial charge in [0.25, 0.3) is 5.91 Å². The maximum Gasteiger partial charge on any atom is 0.508 e. The third-order valence-electron chi connectivity index (χ3n) is 13.2. The van der Waals surface area contributed by atoms with E-state index in [-0.39, 0.29) is 38.3 Å². The molecule has 3 fully saturated rings. The molecule has 9 rings (SSSR count). The highest BCUT2D eigenvalue weighted by molar-refractivity contribution is 7.81. The number of carbonyl (C=O) groups excluding carboxylic acids is 4. The number of aryl methyl sites for hydroxylation is 2. The Hall–Kier alpha value is -8.89. The number of amides is 1. The van der Waals surface area contributed by atoms with Crippen LogP contribution in [-0.4, -0.2) is 110 Å². The van der Waals surface area contributed by atoms with Crippen molar-refractivity contribution in [2.75, 3.05) is 48.7 Å². The Labute approximate surface area is 511 Å². The number of thiocarbonyl (C=S) groups is 2. The maximum atomic E-state index is 13.7. The third kappa shape index (κ3) is 16.7. The van der Waals surface area contributed by atoms with Gasteiger partial charge in [-0.25, -0.2) is 34.0 Å². The van der Waals surface area contributed by atoms with E-state index >= 15 is 0 Å². The number of aliphatic imine (C=N–C) groups is 1. The molecule has 0 radical (unpaired) electrons.